The van der Waals surface area contributed by atoms with Gasteiger partial charge >= 0.3 is 0 Å². The zero-order valence-corrected chi connectivity index (χ0v) is 19.7. The maximum absolute atomic E-state index is 13.1. The predicted octanol–water partition coefficient (Wildman–Crippen LogP) is 2.33. The number of carbonyl (C=O) groups is 2. The van der Waals surface area contributed by atoms with Crippen LogP contribution in [0.2, 0.25) is 0 Å². The molecule has 31 heavy (non-hydrogen) atoms. The molecule has 1 amide bonds. The summed E-state index contributed by atoms with van der Waals surface area (Å²) in [5.41, 5.74) is 0.914. The van der Waals surface area contributed by atoms with E-state index in [1.54, 1.807) is 16.6 Å². The van der Waals surface area contributed by atoms with Gasteiger partial charge in [-0.3, -0.25) is 14.4 Å². The molecule has 1 atom stereocenters. The van der Waals surface area contributed by atoms with Gasteiger partial charge in [0.15, 0.2) is 0 Å². The molecule has 176 valence electrons. The van der Waals surface area contributed by atoms with Gasteiger partial charge in [-0.2, -0.15) is 0 Å². The van der Waals surface area contributed by atoms with E-state index < -0.39 is 0 Å². The first kappa shape index (κ1) is 26.8. The zero-order valence-electron chi connectivity index (χ0n) is 19.7. The summed E-state index contributed by atoms with van der Waals surface area (Å²) in [4.78, 5) is 38.5. The maximum Gasteiger partial charge on any atom is 0.290 e. The molecule has 8 heteroatoms. The Morgan fingerprint density at radius 1 is 1.39 bits per heavy atom. The number of carbonyl (C=O) groups excluding carboxylic acids is 1. The third-order valence-electron chi connectivity index (χ3n) is 5.63. The van der Waals surface area contributed by atoms with Crippen LogP contribution in [0.3, 0.4) is 0 Å². The molecule has 0 aliphatic carbocycles. The lowest BCUT2D eigenvalue weighted by Crippen LogP contribution is -2.43. The molecular weight excluding hydrogens is 398 g/mol. The number of amides is 1. The number of methoxy groups -OCH3 is 1. The summed E-state index contributed by atoms with van der Waals surface area (Å²) in [5.74, 6) is 0.796. The standard InChI is InChI=1S/C22H37N3O3.CH2O2/c1-17(2)8-11-25-12-9-18(3)20(22(25)27)21(26)23(4)15-19-7-6-10-24(16-19)13-14-28-5;2-1-3/h9,12,17,19H,6-8,10-11,13-16H2,1-5H3;1H,(H,2,3). The molecule has 0 saturated carbocycles. The summed E-state index contributed by atoms with van der Waals surface area (Å²) >= 11 is 0. The molecule has 0 spiro atoms. The van der Waals surface area contributed by atoms with Gasteiger partial charge in [-0.25, -0.2) is 0 Å². The van der Waals surface area contributed by atoms with E-state index in [1.807, 2.05) is 26.2 Å². The molecule has 0 bridgehead atoms. The van der Waals surface area contributed by atoms with Gasteiger partial charge in [-0.05, 0) is 56.2 Å². The normalized spacial score (nSPS) is 16.5. The van der Waals surface area contributed by atoms with Gasteiger partial charge < -0.3 is 24.2 Å². The molecule has 1 N–H and O–H groups in total. The maximum atomic E-state index is 13.1. The number of carboxylic acid groups (broad SMARTS) is 1. The molecule has 1 aromatic rings. The predicted molar refractivity (Wildman–Crippen MR) is 122 cm³/mol. The number of likely N-dealkylation sites (tertiary alicyclic amines) is 1. The summed E-state index contributed by atoms with van der Waals surface area (Å²) < 4.78 is 6.87. The van der Waals surface area contributed by atoms with E-state index in [9.17, 15) is 9.59 Å². The number of piperidine rings is 1. The van der Waals surface area contributed by atoms with Crippen LogP contribution in [0.15, 0.2) is 17.1 Å². The summed E-state index contributed by atoms with van der Waals surface area (Å²) in [6.45, 7) is 11.0. The first-order valence-electron chi connectivity index (χ1n) is 11.0. The highest BCUT2D eigenvalue weighted by Gasteiger charge is 2.25. The highest BCUT2D eigenvalue weighted by molar-refractivity contribution is 5.95. The highest BCUT2D eigenvalue weighted by Crippen LogP contribution is 2.18. The Labute approximate surface area is 185 Å². The number of pyridine rings is 1. The first-order chi connectivity index (χ1) is 14.7. The van der Waals surface area contributed by atoms with Crippen molar-refractivity contribution in [2.45, 2.75) is 46.6 Å². The van der Waals surface area contributed by atoms with Gasteiger partial charge in [-0.1, -0.05) is 13.8 Å². The van der Waals surface area contributed by atoms with Crippen molar-refractivity contribution in [3.8, 4) is 0 Å². The van der Waals surface area contributed by atoms with Gasteiger partial charge in [0.25, 0.3) is 17.9 Å². The minimum absolute atomic E-state index is 0.157. The molecule has 1 unspecified atom stereocenters. The quantitative estimate of drug-likeness (QED) is 0.596. The van der Waals surface area contributed by atoms with Crippen LogP contribution >= 0.6 is 0 Å². The lowest BCUT2D eigenvalue weighted by atomic mass is 9.97. The fourth-order valence-corrected chi connectivity index (χ4v) is 3.88. The summed E-state index contributed by atoms with van der Waals surface area (Å²) in [7, 11) is 3.55. The van der Waals surface area contributed by atoms with E-state index >= 15 is 0 Å². The van der Waals surface area contributed by atoms with Crippen molar-refractivity contribution in [1.82, 2.24) is 14.4 Å². The van der Waals surface area contributed by atoms with Crippen molar-refractivity contribution in [3.63, 3.8) is 0 Å². The van der Waals surface area contributed by atoms with Crippen LogP contribution in [-0.4, -0.2) is 78.8 Å². The topological polar surface area (TPSA) is 92.1 Å². The highest BCUT2D eigenvalue weighted by atomic mass is 16.5. The lowest BCUT2D eigenvalue weighted by molar-refractivity contribution is -0.122. The van der Waals surface area contributed by atoms with Gasteiger partial charge in [0.05, 0.1) is 6.61 Å². The van der Waals surface area contributed by atoms with Crippen LogP contribution in [0.4, 0.5) is 0 Å². The Balaban J connectivity index is 0.00000151. The molecule has 8 nitrogen and oxygen atoms in total. The molecule has 0 aromatic carbocycles. The average Bonchev–Trinajstić information content (AvgIpc) is 2.72. The monoisotopic (exact) mass is 437 g/mol. The minimum atomic E-state index is -0.250. The van der Waals surface area contributed by atoms with Gasteiger partial charge in [0, 0.05) is 46.5 Å². The van der Waals surface area contributed by atoms with E-state index in [0.29, 0.717) is 30.5 Å². The second kappa shape index (κ2) is 14.0. The van der Waals surface area contributed by atoms with Crippen molar-refractivity contribution in [2.24, 2.45) is 11.8 Å². The summed E-state index contributed by atoms with van der Waals surface area (Å²) in [6, 6.07) is 1.88. The van der Waals surface area contributed by atoms with Gasteiger partial charge in [0.1, 0.15) is 5.56 Å². The SMILES string of the molecule is COCCN1CCCC(CN(C)C(=O)c2c(C)ccn(CCC(C)C)c2=O)C1.O=CO. The van der Waals surface area contributed by atoms with Gasteiger partial charge in [-0.15, -0.1) is 0 Å². The van der Waals surface area contributed by atoms with Crippen LogP contribution in [-0.2, 0) is 16.1 Å². The van der Waals surface area contributed by atoms with E-state index in [2.05, 4.69) is 18.7 Å². The van der Waals surface area contributed by atoms with Crippen LogP contribution in [0.5, 0.6) is 0 Å². The molecule has 0 radical (unpaired) electrons. The van der Waals surface area contributed by atoms with Crippen molar-refractivity contribution in [1.29, 1.82) is 0 Å². The Hall–Kier alpha value is -2.19. The number of rotatable bonds is 9. The number of aryl methyl sites for hydroxylation is 2. The number of nitrogens with zero attached hydrogens (tertiary/aromatic N) is 3. The second-order valence-corrected chi connectivity index (χ2v) is 8.65. The largest absolute Gasteiger partial charge is 0.483 e. The van der Waals surface area contributed by atoms with E-state index in [-0.39, 0.29) is 17.9 Å². The third-order valence-corrected chi connectivity index (χ3v) is 5.63. The number of hydrogen-bond acceptors (Lipinski definition) is 5. The van der Waals surface area contributed by atoms with Crippen molar-refractivity contribution in [2.75, 3.05) is 46.9 Å². The lowest BCUT2D eigenvalue weighted by Gasteiger charge is -2.34. The second-order valence-electron chi connectivity index (χ2n) is 8.65. The van der Waals surface area contributed by atoms with Crippen molar-refractivity contribution < 1.29 is 19.4 Å². The molecule has 2 rings (SSSR count). The fourth-order valence-electron chi connectivity index (χ4n) is 3.88. The minimum Gasteiger partial charge on any atom is -0.483 e. The zero-order chi connectivity index (χ0) is 23.4. The molecule has 1 aliphatic heterocycles. The van der Waals surface area contributed by atoms with E-state index in [1.165, 1.54) is 0 Å². The fraction of sp³-hybridized carbons (Fsp3) is 0.696. The van der Waals surface area contributed by atoms with E-state index in [4.69, 9.17) is 14.6 Å². The number of aromatic nitrogens is 1. The van der Waals surface area contributed by atoms with Gasteiger partial charge in [0.2, 0.25) is 0 Å². The van der Waals surface area contributed by atoms with Crippen LogP contribution < -0.4 is 5.56 Å². The summed E-state index contributed by atoms with van der Waals surface area (Å²) in [6.07, 6.45) is 4.99. The molecule has 2 heterocycles. The Morgan fingerprint density at radius 3 is 2.68 bits per heavy atom. The summed E-state index contributed by atoms with van der Waals surface area (Å²) in [5, 5.41) is 6.89. The molecule has 1 aliphatic rings. The molecule has 1 saturated heterocycles. The van der Waals surface area contributed by atoms with Crippen LogP contribution in [0, 0.1) is 18.8 Å². The van der Waals surface area contributed by atoms with Crippen LogP contribution in [0.25, 0.3) is 0 Å². The molecule has 1 fully saturated rings. The number of ether oxygens (including phenoxy) is 1. The average molecular weight is 438 g/mol. The molecular formula is C23H39N3O5. The number of hydrogen-bond donors (Lipinski definition) is 1. The Kier molecular flexibility index (Phi) is 12.1. The van der Waals surface area contributed by atoms with Crippen molar-refractivity contribution in [3.05, 3.63) is 33.7 Å². The van der Waals surface area contributed by atoms with Crippen molar-refractivity contribution >= 4 is 12.4 Å². The Bertz CT molecular complexity index is 747. The van der Waals surface area contributed by atoms with Crippen LogP contribution in [0.1, 0.15) is 49.0 Å². The van der Waals surface area contributed by atoms with E-state index in [0.717, 1.165) is 51.1 Å². The molecule has 1 aromatic heterocycles. The third kappa shape index (κ3) is 8.83. The Morgan fingerprint density at radius 2 is 2.06 bits per heavy atom. The smallest absolute Gasteiger partial charge is 0.290 e. The first-order valence-corrected chi connectivity index (χ1v) is 11.0.